The lowest BCUT2D eigenvalue weighted by Gasteiger charge is -2.22. The van der Waals surface area contributed by atoms with Gasteiger partial charge in [0, 0.05) is 19.5 Å². The number of halogens is 1. The predicted octanol–water partition coefficient (Wildman–Crippen LogP) is 3.41. The van der Waals surface area contributed by atoms with E-state index in [0.29, 0.717) is 31.7 Å². The summed E-state index contributed by atoms with van der Waals surface area (Å²) >= 11 is 0. The van der Waals surface area contributed by atoms with Crippen molar-refractivity contribution in [2.45, 2.75) is 26.3 Å². The van der Waals surface area contributed by atoms with Gasteiger partial charge in [0.25, 0.3) is 0 Å². The molecule has 1 saturated heterocycles. The number of likely N-dealkylation sites (N-methyl/N-ethyl adjacent to an activating group) is 1. The highest BCUT2D eigenvalue weighted by molar-refractivity contribution is 6.02. The lowest BCUT2D eigenvalue weighted by atomic mass is 10.2. The molecule has 0 atom stereocenters. The van der Waals surface area contributed by atoms with Gasteiger partial charge in [-0.05, 0) is 42.8 Å². The number of para-hydroxylation sites is 2. The Balaban J connectivity index is 1.65. The van der Waals surface area contributed by atoms with Crippen LogP contribution in [0, 0.1) is 5.82 Å². The second-order valence-electron chi connectivity index (χ2n) is 6.65. The van der Waals surface area contributed by atoms with E-state index in [2.05, 4.69) is 5.32 Å². The molecule has 0 spiro atoms. The number of amides is 2. The summed E-state index contributed by atoms with van der Waals surface area (Å²) in [6.07, 6.45) is 1.37. The molecule has 6 heteroatoms. The maximum absolute atomic E-state index is 13.4. The molecule has 2 aromatic rings. The van der Waals surface area contributed by atoms with Crippen LogP contribution < -0.4 is 10.2 Å². The molecule has 0 bridgehead atoms. The van der Waals surface area contributed by atoms with Gasteiger partial charge < -0.3 is 10.2 Å². The number of carbonyl (C=O) groups is 2. The highest BCUT2D eigenvalue weighted by Gasteiger charge is 2.24. The summed E-state index contributed by atoms with van der Waals surface area (Å²) in [5.41, 5.74) is 2.20. The Morgan fingerprint density at radius 2 is 2.04 bits per heavy atom. The number of benzene rings is 2. The Hall–Kier alpha value is -2.73. The quantitative estimate of drug-likeness (QED) is 0.814. The van der Waals surface area contributed by atoms with Crippen molar-refractivity contribution < 1.29 is 14.0 Å². The Labute approximate surface area is 158 Å². The fourth-order valence-corrected chi connectivity index (χ4v) is 3.28. The van der Waals surface area contributed by atoms with E-state index in [1.807, 2.05) is 42.2 Å². The second kappa shape index (κ2) is 8.77. The average Bonchev–Trinajstić information content (AvgIpc) is 3.07. The zero-order valence-electron chi connectivity index (χ0n) is 15.5. The number of hydrogen-bond acceptors (Lipinski definition) is 3. The van der Waals surface area contributed by atoms with E-state index < -0.39 is 0 Å². The molecule has 0 saturated carbocycles. The number of anilines is 2. The summed E-state index contributed by atoms with van der Waals surface area (Å²) in [6.45, 7) is 3.98. The van der Waals surface area contributed by atoms with Gasteiger partial charge in [-0.3, -0.25) is 14.5 Å². The van der Waals surface area contributed by atoms with E-state index in [1.54, 1.807) is 11.0 Å². The van der Waals surface area contributed by atoms with Gasteiger partial charge in [-0.2, -0.15) is 0 Å². The lowest BCUT2D eigenvalue weighted by Crippen LogP contribution is -2.33. The molecule has 0 aromatic heterocycles. The van der Waals surface area contributed by atoms with Gasteiger partial charge in [0.2, 0.25) is 11.8 Å². The van der Waals surface area contributed by atoms with Crippen LogP contribution in [-0.4, -0.2) is 36.3 Å². The Bertz CT molecular complexity index is 825. The summed E-state index contributed by atoms with van der Waals surface area (Å²) in [4.78, 5) is 28.3. The molecule has 1 aliphatic rings. The maximum atomic E-state index is 13.4. The number of nitrogens with one attached hydrogen (secondary N) is 1. The van der Waals surface area contributed by atoms with E-state index >= 15 is 0 Å². The third-order valence-electron chi connectivity index (χ3n) is 4.65. The average molecular weight is 369 g/mol. The molecular formula is C21H24FN3O2. The molecule has 3 rings (SSSR count). The van der Waals surface area contributed by atoms with Crippen LogP contribution in [0.2, 0.25) is 0 Å². The predicted molar refractivity (Wildman–Crippen MR) is 104 cm³/mol. The highest BCUT2D eigenvalue weighted by Crippen LogP contribution is 2.29. The van der Waals surface area contributed by atoms with Gasteiger partial charge >= 0.3 is 0 Å². The largest absolute Gasteiger partial charge is 0.323 e. The van der Waals surface area contributed by atoms with Crippen LogP contribution in [0.4, 0.5) is 15.8 Å². The van der Waals surface area contributed by atoms with E-state index in [-0.39, 0.29) is 24.2 Å². The van der Waals surface area contributed by atoms with E-state index in [4.69, 9.17) is 0 Å². The summed E-state index contributed by atoms with van der Waals surface area (Å²) in [5.74, 6) is -0.359. The topological polar surface area (TPSA) is 52.7 Å². The van der Waals surface area contributed by atoms with Gasteiger partial charge in [-0.25, -0.2) is 4.39 Å². The fraction of sp³-hybridized carbons (Fsp3) is 0.333. The van der Waals surface area contributed by atoms with Crippen molar-refractivity contribution in [3.8, 4) is 0 Å². The number of hydrogen-bond donors (Lipinski definition) is 1. The molecule has 2 amide bonds. The molecule has 0 radical (unpaired) electrons. The van der Waals surface area contributed by atoms with Crippen molar-refractivity contribution in [1.82, 2.24) is 4.90 Å². The summed E-state index contributed by atoms with van der Waals surface area (Å²) in [5, 5.41) is 2.92. The summed E-state index contributed by atoms with van der Waals surface area (Å²) in [6, 6.07) is 13.8. The smallest absolute Gasteiger partial charge is 0.238 e. The molecule has 0 aliphatic carbocycles. The molecule has 1 fully saturated rings. The third-order valence-corrected chi connectivity index (χ3v) is 4.65. The molecule has 142 valence electrons. The van der Waals surface area contributed by atoms with E-state index in [9.17, 15) is 14.0 Å². The Morgan fingerprint density at radius 3 is 2.74 bits per heavy atom. The van der Waals surface area contributed by atoms with Crippen molar-refractivity contribution >= 4 is 23.2 Å². The highest BCUT2D eigenvalue weighted by atomic mass is 19.1. The van der Waals surface area contributed by atoms with Crippen LogP contribution >= 0.6 is 0 Å². The summed E-state index contributed by atoms with van der Waals surface area (Å²) in [7, 11) is 0. The monoisotopic (exact) mass is 369 g/mol. The molecule has 5 nitrogen and oxygen atoms in total. The van der Waals surface area contributed by atoms with Crippen LogP contribution in [-0.2, 0) is 16.1 Å². The van der Waals surface area contributed by atoms with Gasteiger partial charge in [-0.15, -0.1) is 0 Å². The van der Waals surface area contributed by atoms with Crippen LogP contribution in [0.15, 0.2) is 48.5 Å². The van der Waals surface area contributed by atoms with Crippen LogP contribution in [0.1, 0.15) is 25.3 Å². The number of nitrogens with zero attached hydrogens (tertiary/aromatic N) is 2. The number of rotatable bonds is 7. The first-order valence-corrected chi connectivity index (χ1v) is 9.23. The standard InChI is InChI=1S/C21H24FN3O2/c1-2-24(14-16-7-5-8-17(22)13-16)15-20(26)23-18-9-3-4-10-19(18)25-12-6-11-21(25)27/h3-5,7-10,13H,2,6,11-12,14-15H2,1H3,(H,23,26). The first kappa shape index (κ1) is 19.0. The molecular weight excluding hydrogens is 345 g/mol. The van der Waals surface area contributed by atoms with E-state index in [0.717, 1.165) is 17.7 Å². The molecule has 1 N–H and O–H groups in total. The maximum Gasteiger partial charge on any atom is 0.238 e. The SMILES string of the molecule is CCN(CC(=O)Nc1ccccc1N1CCCC1=O)Cc1cccc(F)c1. The first-order valence-electron chi connectivity index (χ1n) is 9.23. The lowest BCUT2D eigenvalue weighted by molar-refractivity contribution is -0.118. The zero-order chi connectivity index (χ0) is 19.2. The normalized spacial score (nSPS) is 14.0. The Kier molecular flexibility index (Phi) is 6.19. The van der Waals surface area contributed by atoms with Gasteiger partial charge in [0.05, 0.1) is 17.9 Å². The fourth-order valence-electron chi connectivity index (χ4n) is 3.28. The van der Waals surface area contributed by atoms with Gasteiger partial charge in [0.15, 0.2) is 0 Å². The summed E-state index contributed by atoms with van der Waals surface area (Å²) < 4.78 is 13.4. The van der Waals surface area contributed by atoms with Crippen LogP contribution in [0.3, 0.4) is 0 Å². The molecule has 2 aromatic carbocycles. The first-order chi connectivity index (χ1) is 13.1. The molecule has 1 heterocycles. The Morgan fingerprint density at radius 1 is 1.22 bits per heavy atom. The minimum Gasteiger partial charge on any atom is -0.323 e. The number of carbonyl (C=O) groups excluding carboxylic acids is 2. The molecule has 27 heavy (non-hydrogen) atoms. The van der Waals surface area contributed by atoms with Gasteiger partial charge in [-0.1, -0.05) is 31.2 Å². The van der Waals surface area contributed by atoms with E-state index in [1.165, 1.54) is 12.1 Å². The second-order valence-corrected chi connectivity index (χ2v) is 6.65. The minimum absolute atomic E-state index is 0.0815. The molecule has 1 aliphatic heterocycles. The van der Waals surface area contributed by atoms with Crippen LogP contribution in [0.5, 0.6) is 0 Å². The van der Waals surface area contributed by atoms with Crippen molar-refractivity contribution in [1.29, 1.82) is 0 Å². The van der Waals surface area contributed by atoms with Crippen molar-refractivity contribution in [3.63, 3.8) is 0 Å². The van der Waals surface area contributed by atoms with Gasteiger partial charge in [0.1, 0.15) is 5.82 Å². The van der Waals surface area contributed by atoms with Crippen LogP contribution in [0.25, 0.3) is 0 Å². The van der Waals surface area contributed by atoms with Crippen molar-refractivity contribution in [2.75, 3.05) is 29.9 Å². The minimum atomic E-state index is -0.280. The van der Waals surface area contributed by atoms with Crippen molar-refractivity contribution in [3.05, 3.63) is 59.9 Å². The zero-order valence-corrected chi connectivity index (χ0v) is 15.5. The molecule has 0 unspecified atom stereocenters. The van der Waals surface area contributed by atoms with Crippen molar-refractivity contribution in [2.24, 2.45) is 0 Å². The third kappa shape index (κ3) is 4.92.